The number of rotatable bonds is 3. The molecule has 0 aliphatic heterocycles. The summed E-state index contributed by atoms with van der Waals surface area (Å²) in [5.74, 6) is 0. The summed E-state index contributed by atoms with van der Waals surface area (Å²) in [7, 11) is 0. The fraction of sp³-hybridized carbons (Fsp3) is 0.102. The molecular weight excluding hydrogens is 779 g/mol. The van der Waals surface area contributed by atoms with Crippen LogP contribution in [-0.2, 0) is 23.3 Å². The Kier molecular flexibility index (Phi) is 13.5. The minimum atomic E-state index is 0. The first-order valence-corrected chi connectivity index (χ1v) is 23.9. The Morgan fingerprint density at radius 1 is 0.434 bits per heavy atom. The van der Waals surface area contributed by atoms with Gasteiger partial charge in [-0.1, -0.05) is 163 Å². The van der Waals surface area contributed by atoms with E-state index in [4.69, 9.17) is 0 Å². The summed E-state index contributed by atoms with van der Waals surface area (Å²) in [6.07, 6.45) is 0. The zero-order valence-electron chi connectivity index (χ0n) is 30.8. The van der Waals surface area contributed by atoms with Crippen LogP contribution in [0, 0.1) is 20.8 Å². The van der Waals surface area contributed by atoms with E-state index < -0.39 is 0 Å². The van der Waals surface area contributed by atoms with Crippen molar-refractivity contribution in [3.05, 3.63) is 180 Å². The van der Waals surface area contributed by atoms with Gasteiger partial charge in [0.15, 0.2) is 0 Å². The molecule has 0 amide bonds. The first-order valence-electron chi connectivity index (χ1n) is 17.7. The Labute approximate surface area is 341 Å². The van der Waals surface area contributed by atoms with Crippen molar-refractivity contribution in [1.82, 2.24) is 0 Å². The molecule has 0 aliphatic carbocycles. The summed E-state index contributed by atoms with van der Waals surface area (Å²) in [6.45, 7) is 11.2. The van der Waals surface area contributed by atoms with Crippen LogP contribution in [0.5, 0.6) is 0 Å². The van der Waals surface area contributed by atoms with Crippen LogP contribution >= 0.6 is 0 Å². The first kappa shape index (κ1) is 40.2. The molecule has 0 atom stereocenters. The van der Waals surface area contributed by atoms with Crippen LogP contribution in [0.2, 0.25) is 13.1 Å². The molecule has 262 valence electrons. The van der Waals surface area contributed by atoms with Crippen molar-refractivity contribution in [2.45, 2.75) is 33.9 Å². The third kappa shape index (κ3) is 8.69. The van der Waals surface area contributed by atoms with E-state index in [0.717, 1.165) is 0 Å². The smallest absolute Gasteiger partial charge is 0.0112 e. The summed E-state index contributed by atoms with van der Waals surface area (Å²) < 4.78 is 0. The molecule has 0 aromatic heterocycles. The molecule has 0 aliphatic rings. The van der Waals surface area contributed by atoms with E-state index in [9.17, 15) is 0 Å². The zero-order chi connectivity index (χ0) is 35.5. The summed E-state index contributed by atoms with van der Waals surface area (Å²) in [5.41, 5.74) is 12.1. The summed E-state index contributed by atoms with van der Waals surface area (Å²) >= 11 is 1.74. The molecule has 0 fully saturated rings. The maximum atomic E-state index is 2.34. The van der Waals surface area contributed by atoms with Crippen molar-refractivity contribution < 1.29 is 48.1 Å². The van der Waals surface area contributed by atoms with Crippen LogP contribution in [-0.4, -0.2) is 5.43 Å². The molecule has 9 aromatic rings. The maximum Gasteiger partial charge on any atom is -0.0112 e. The average Bonchev–Trinajstić information content (AvgIpc) is 3.76. The number of aryl methyl sites for hydroxylation is 3. The van der Waals surface area contributed by atoms with E-state index in [2.05, 4.69) is 198 Å². The van der Waals surface area contributed by atoms with Crippen molar-refractivity contribution in [1.29, 1.82) is 0 Å². The van der Waals surface area contributed by atoms with Crippen molar-refractivity contribution in [2.75, 3.05) is 0 Å². The largest absolute Gasteiger partial charge is 1.00 e. The maximum absolute atomic E-state index is 2.34. The molecule has 9 aromatic carbocycles. The van der Waals surface area contributed by atoms with Gasteiger partial charge in [-0.3, -0.25) is 0 Å². The molecule has 0 saturated heterocycles. The second kappa shape index (κ2) is 17.9. The number of hydrogen-bond acceptors (Lipinski definition) is 0. The average molecular weight is 821 g/mol. The zero-order valence-corrected chi connectivity index (χ0v) is 35.8. The summed E-state index contributed by atoms with van der Waals surface area (Å²) in [4.78, 5) is 0. The van der Waals surface area contributed by atoms with Gasteiger partial charge >= 0.3 is 41.9 Å². The Morgan fingerprint density at radius 3 is 1.51 bits per heavy atom. The molecule has 0 saturated carbocycles. The Morgan fingerprint density at radius 2 is 0.906 bits per heavy atom. The van der Waals surface area contributed by atoms with Gasteiger partial charge in [0.25, 0.3) is 0 Å². The van der Waals surface area contributed by atoms with Crippen LogP contribution in [0.4, 0.5) is 0 Å². The summed E-state index contributed by atoms with van der Waals surface area (Å²) in [5, 5.41) is 10.6. The number of halogens is 2. The Balaban J connectivity index is 0.000000183. The SMILES string of the molecule is C[Si](C)=[Zr+2].Cc1cc2c(-c3cccc4ccccc34)ccc(C)c2[cH-]1.Cc1ccccc1-c1cc2c(-c3cccc4ccccc34)cccc2[cH-]1.[Cl-].[Cl-]. The van der Waals surface area contributed by atoms with Crippen molar-refractivity contribution in [3.63, 3.8) is 0 Å². The van der Waals surface area contributed by atoms with E-state index in [1.54, 1.807) is 23.3 Å². The molecule has 0 bridgehead atoms. The van der Waals surface area contributed by atoms with Gasteiger partial charge < -0.3 is 24.8 Å². The first-order chi connectivity index (χ1) is 24.8. The Bertz CT molecular complexity index is 2660. The number of hydrogen-bond donors (Lipinski definition) is 0. The monoisotopic (exact) mass is 818 g/mol. The van der Waals surface area contributed by atoms with Crippen LogP contribution in [0.3, 0.4) is 0 Å². The number of fused-ring (bicyclic) bond motifs is 4. The van der Waals surface area contributed by atoms with Crippen molar-refractivity contribution >= 4 is 48.5 Å². The predicted octanol–water partition coefficient (Wildman–Crippen LogP) is 8.14. The third-order valence-electron chi connectivity index (χ3n) is 9.62. The van der Waals surface area contributed by atoms with Crippen LogP contribution in [0.15, 0.2) is 164 Å². The number of benzene rings is 7. The molecule has 0 unspecified atom stereocenters. The normalized spacial score (nSPS) is 10.5. The van der Waals surface area contributed by atoms with Crippen LogP contribution in [0.25, 0.3) is 76.5 Å². The standard InChI is InChI=1S/C26H19.C21H17.C2H6Si.2ClH.Zr/c1-18-8-2-4-12-22(18)21-16-20-11-7-15-25(26(20)17-21)24-14-6-10-19-9-3-5-13-23(19)24;1-14-12-20-15(2)10-11-19(21(20)13-14)18-9-5-7-16-6-3-4-8-17(16)18;1-3-2;;;/h2-17H,1H3;3-13H,1-2H3;1-2H3;2*1H;/q2*-1;;;;+2/p-2. The molecule has 0 heterocycles. The molecule has 4 heteroatoms. The molecule has 0 spiro atoms. The molecule has 0 N–H and O–H groups in total. The van der Waals surface area contributed by atoms with Gasteiger partial charge in [0.1, 0.15) is 0 Å². The van der Waals surface area contributed by atoms with Gasteiger partial charge in [0.05, 0.1) is 0 Å². The molecule has 0 radical (unpaired) electrons. The molecule has 53 heavy (non-hydrogen) atoms. The third-order valence-corrected chi connectivity index (χ3v) is 9.62. The minimum absolute atomic E-state index is 0. The van der Waals surface area contributed by atoms with Crippen LogP contribution < -0.4 is 24.8 Å². The fourth-order valence-electron chi connectivity index (χ4n) is 7.27. The molecular formula is C49H42Cl2SiZr-2. The quantitative estimate of drug-likeness (QED) is 0.125. The van der Waals surface area contributed by atoms with Gasteiger partial charge in [-0.25, -0.2) is 0 Å². The second-order valence-corrected chi connectivity index (χ2v) is 23.1. The minimum Gasteiger partial charge on any atom is -1.00 e. The second-order valence-electron chi connectivity index (χ2n) is 13.7. The predicted molar refractivity (Wildman–Crippen MR) is 222 cm³/mol. The van der Waals surface area contributed by atoms with Gasteiger partial charge in [-0.15, -0.1) is 68.6 Å². The van der Waals surface area contributed by atoms with Crippen molar-refractivity contribution in [2.24, 2.45) is 0 Å². The molecule has 9 rings (SSSR count). The van der Waals surface area contributed by atoms with E-state index in [-0.39, 0.29) is 30.2 Å². The van der Waals surface area contributed by atoms with Crippen molar-refractivity contribution in [3.8, 4) is 33.4 Å². The van der Waals surface area contributed by atoms with Gasteiger partial charge in [-0.2, -0.15) is 6.07 Å². The topological polar surface area (TPSA) is 0 Å². The Hall–Kier alpha value is -4.04. The van der Waals surface area contributed by atoms with Crippen LogP contribution in [0.1, 0.15) is 16.7 Å². The van der Waals surface area contributed by atoms with E-state index in [1.165, 1.54) is 93.2 Å². The molecule has 0 nitrogen and oxygen atoms in total. The van der Waals surface area contributed by atoms with Gasteiger partial charge in [0, 0.05) is 0 Å². The van der Waals surface area contributed by atoms with E-state index in [0.29, 0.717) is 0 Å². The van der Waals surface area contributed by atoms with Gasteiger partial charge in [0.2, 0.25) is 0 Å². The van der Waals surface area contributed by atoms with Gasteiger partial charge in [-0.05, 0) is 39.6 Å². The van der Waals surface area contributed by atoms with E-state index in [1.807, 2.05) is 0 Å². The fourth-order valence-corrected chi connectivity index (χ4v) is 7.27. The van der Waals surface area contributed by atoms with E-state index >= 15 is 0 Å². The summed E-state index contributed by atoms with van der Waals surface area (Å²) in [6, 6.07) is 59.4.